The second-order valence-electron chi connectivity index (χ2n) is 7.07. The summed E-state index contributed by atoms with van der Waals surface area (Å²) in [6.45, 7) is -1.16. The van der Waals surface area contributed by atoms with Gasteiger partial charge in [0.25, 0.3) is 5.91 Å². The van der Waals surface area contributed by atoms with Gasteiger partial charge in [-0.2, -0.15) is 8.78 Å². The number of nitrogens with zero attached hydrogens (tertiary/aromatic N) is 2. The van der Waals surface area contributed by atoms with E-state index in [1.165, 1.54) is 36.1 Å². The summed E-state index contributed by atoms with van der Waals surface area (Å²) in [7, 11) is 1.65. The van der Waals surface area contributed by atoms with Crippen LogP contribution in [0.4, 0.5) is 13.6 Å². The van der Waals surface area contributed by atoms with Crippen LogP contribution in [0, 0.1) is 5.92 Å². The van der Waals surface area contributed by atoms with Crippen LogP contribution < -0.4 is 10.1 Å². The first-order valence-electron chi connectivity index (χ1n) is 8.64. The highest BCUT2D eigenvalue weighted by Gasteiger charge is 2.49. The third-order valence-electron chi connectivity index (χ3n) is 4.88. The molecule has 1 heterocycles. The number of rotatable bonds is 7. The number of benzene rings is 1. The SMILES string of the molecule is CN(CC1CC1)C(=O)CN1C(=O)NC(C)(c2ccc(OC(F)F)cc2)C1=O. The lowest BCUT2D eigenvalue weighted by molar-refractivity contribution is -0.138. The molecule has 2 aliphatic rings. The highest BCUT2D eigenvalue weighted by atomic mass is 19.3. The molecule has 1 aromatic rings. The van der Waals surface area contributed by atoms with Crippen LogP contribution in [0.2, 0.25) is 0 Å². The van der Waals surface area contributed by atoms with Gasteiger partial charge in [0.15, 0.2) is 0 Å². The average molecular weight is 381 g/mol. The number of carbonyl (C=O) groups is 3. The Hall–Kier alpha value is -2.71. The van der Waals surface area contributed by atoms with Crippen molar-refractivity contribution in [2.24, 2.45) is 5.92 Å². The van der Waals surface area contributed by atoms with Gasteiger partial charge < -0.3 is 15.0 Å². The topological polar surface area (TPSA) is 79.0 Å². The molecule has 1 aliphatic carbocycles. The van der Waals surface area contributed by atoms with Crippen LogP contribution in [0.25, 0.3) is 0 Å². The van der Waals surface area contributed by atoms with Crippen molar-refractivity contribution in [2.45, 2.75) is 31.9 Å². The van der Waals surface area contributed by atoms with Gasteiger partial charge in [-0.15, -0.1) is 0 Å². The van der Waals surface area contributed by atoms with Crippen molar-refractivity contribution in [1.82, 2.24) is 15.1 Å². The third-order valence-corrected chi connectivity index (χ3v) is 4.88. The monoisotopic (exact) mass is 381 g/mol. The van der Waals surface area contributed by atoms with Crippen molar-refractivity contribution in [1.29, 1.82) is 0 Å². The van der Waals surface area contributed by atoms with Gasteiger partial charge in [-0.05, 0) is 43.4 Å². The van der Waals surface area contributed by atoms with Crippen LogP contribution in [0.3, 0.4) is 0 Å². The smallest absolute Gasteiger partial charge is 0.387 e. The molecule has 0 radical (unpaired) electrons. The minimum Gasteiger partial charge on any atom is -0.435 e. The molecule has 0 bridgehead atoms. The molecule has 4 amide bonds. The third kappa shape index (κ3) is 4.01. The molecule has 7 nitrogen and oxygen atoms in total. The molecule has 1 N–H and O–H groups in total. The number of halogens is 2. The van der Waals surface area contributed by atoms with Gasteiger partial charge in [-0.25, -0.2) is 4.79 Å². The molecule has 1 atom stereocenters. The first kappa shape index (κ1) is 19.1. The zero-order chi connectivity index (χ0) is 19.8. The number of urea groups is 1. The molecule has 9 heteroatoms. The number of nitrogens with one attached hydrogen (secondary N) is 1. The summed E-state index contributed by atoms with van der Waals surface area (Å²) < 4.78 is 28.8. The molecule has 1 aromatic carbocycles. The lowest BCUT2D eigenvalue weighted by Gasteiger charge is -2.23. The molecule has 1 unspecified atom stereocenters. The highest BCUT2D eigenvalue weighted by molar-refractivity contribution is 6.09. The van der Waals surface area contributed by atoms with E-state index in [-0.39, 0.29) is 18.2 Å². The highest BCUT2D eigenvalue weighted by Crippen LogP contribution is 2.31. The zero-order valence-corrected chi connectivity index (χ0v) is 15.1. The Morgan fingerprint density at radius 1 is 1.33 bits per heavy atom. The number of hydrogen-bond acceptors (Lipinski definition) is 4. The number of ether oxygens (including phenoxy) is 1. The molecular weight excluding hydrogens is 360 g/mol. The summed E-state index contributed by atoms with van der Waals surface area (Å²) in [6, 6.07) is 4.79. The van der Waals surface area contributed by atoms with Crippen LogP contribution >= 0.6 is 0 Å². The molecule has 1 aliphatic heterocycles. The normalized spacial score (nSPS) is 22.2. The van der Waals surface area contributed by atoms with Gasteiger partial charge in [0, 0.05) is 13.6 Å². The number of amides is 4. The van der Waals surface area contributed by atoms with E-state index in [2.05, 4.69) is 10.1 Å². The van der Waals surface area contributed by atoms with Crippen LogP contribution in [-0.2, 0) is 15.1 Å². The van der Waals surface area contributed by atoms with Gasteiger partial charge in [-0.1, -0.05) is 12.1 Å². The van der Waals surface area contributed by atoms with Gasteiger partial charge in [0.05, 0.1) is 0 Å². The van der Waals surface area contributed by atoms with Crippen LogP contribution in [-0.4, -0.2) is 54.4 Å². The van der Waals surface area contributed by atoms with E-state index in [0.29, 0.717) is 18.0 Å². The second-order valence-corrected chi connectivity index (χ2v) is 7.07. The van der Waals surface area contributed by atoms with Crippen LogP contribution in [0.1, 0.15) is 25.3 Å². The summed E-state index contributed by atoms with van der Waals surface area (Å²) in [5.74, 6) is -0.428. The van der Waals surface area contributed by atoms with Gasteiger partial charge in [-0.3, -0.25) is 14.5 Å². The minimum atomic E-state index is -2.95. The first-order valence-corrected chi connectivity index (χ1v) is 8.64. The van der Waals surface area contributed by atoms with Gasteiger partial charge >= 0.3 is 12.6 Å². The fourth-order valence-corrected chi connectivity index (χ4v) is 3.05. The second kappa shape index (κ2) is 7.13. The van der Waals surface area contributed by atoms with Crippen LogP contribution in [0.15, 0.2) is 24.3 Å². The number of likely N-dealkylation sites (N-methyl/N-ethyl adjacent to an activating group) is 1. The van der Waals surface area contributed by atoms with E-state index in [1.54, 1.807) is 7.05 Å². The standard InChI is InChI=1S/C18H21F2N3O4/c1-18(12-5-7-13(8-6-12)27-16(19)20)15(25)23(17(26)21-18)10-14(24)22(2)9-11-3-4-11/h5-8,11,16H,3-4,9-10H2,1-2H3,(H,21,26). The number of carbonyl (C=O) groups excluding carboxylic acids is 3. The van der Waals surface area contributed by atoms with Crippen molar-refractivity contribution >= 4 is 17.8 Å². The van der Waals surface area contributed by atoms with E-state index >= 15 is 0 Å². The predicted molar refractivity (Wildman–Crippen MR) is 91.0 cm³/mol. The van der Waals surface area contributed by atoms with E-state index < -0.39 is 24.1 Å². The molecular formula is C18H21F2N3O4. The Labute approximate surface area is 155 Å². The predicted octanol–water partition coefficient (Wildman–Crippen LogP) is 1.92. The van der Waals surface area contributed by atoms with Crippen LogP contribution in [0.5, 0.6) is 5.75 Å². The Kier molecular flexibility index (Phi) is 5.03. The van der Waals surface area contributed by atoms with E-state index in [9.17, 15) is 23.2 Å². The quantitative estimate of drug-likeness (QED) is 0.732. The van der Waals surface area contributed by atoms with Crippen molar-refractivity contribution in [3.05, 3.63) is 29.8 Å². The van der Waals surface area contributed by atoms with Gasteiger partial charge in [0.1, 0.15) is 17.8 Å². The number of imide groups is 1. The maximum Gasteiger partial charge on any atom is 0.387 e. The van der Waals surface area contributed by atoms with Crippen molar-refractivity contribution in [2.75, 3.05) is 20.1 Å². The van der Waals surface area contributed by atoms with Gasteiger partial charge in [0.2, 0.25) is 5.91 Å². The maximum absolute atomic E-state index is 12.8. The molecule has 146 valence electrons. The van der Waals surface area contributed by atoms with Crippen molar-refractivity contribution in [3.63, 3.8) is 0 Å². The Balaban J connectivity index is 1.70. The summed E-state index contributed by atoms with van der Waals surface area (Å²) in [4.78, 5) is 39.8. The molecule has 1 saturated carbocycles. The average Bonchev–Trinajstić information content (AvgIpc) is 3.38. The molecule has 27 heavy (non-hydrogen) atoms. The lowest BCUT2D eigenvalue weighted by Crippen LogP contribution is -2.44. The Morgan fingerprint density at radius 2 is 1.96 bits per heavy atom. The summed E-state index contributed by atoms with van der Waals surface area (Å²) in [6.07, 6.45) is 2.17. The van der Waals surface area contributed by atoms with E-state index in [0.717, 1.165) is 17.7 Å². The Bertz CT molecular complexity index is 751. The van der Waals surface area contributed by atoms with E-state index in [1.807, 2.05) is 0 Å². The van der Waals surface area contributed by atoms with Crippen molar-refractivity contribution < 1.29 is 27.9 Å². The Morgan fingerprint density at radius 3 is 2.52 bits per heavy atom. The zero-order valence-electron chi connectivity index (χ0n) is 15.1. The maximum atomic E-state index is 12.8. The summed E-state index contributed by atoms with van der Waals surface area (Å²) >= 11 is 0. The number of alkyl halides is 2. The van der Waals surface area contributed by atoms with E-state index in [4.69, 9.17) is 0 Å². The lowest BCUT2D eigenvalue weighted by atomic mass is 9.92. The first-order chi connectivity index (χ1) is 12.7. The molecule has 0 aromatic heterocycles. The molecule has 0 spiro atoms. The molecule has 2 fully saturated rings. The summed E-state index contributed by atoms with van der Waals surface area (Å²) in [5.41, 5.74) is -0.973. The molecule has 3 rings (SSSR count). The largest absolute Gasteiger partial charge is 0.435 e. The number of hydrogen-bond donors (Lipinski definition) is 1. The van der Waals surface area contributed by atoms with Crippen molar-refractivity contribution in [3.8, 4) is 5.75 Å². The summed E-state index contributed by atoms with van der Waals surface area (Å²) in [5, 5.41) is 2.58. The minimum absolute atomic E-state index is 0.0529. The fraction of sp³-hybridized carbons (Fsp3) is 0.500. The fourth-order valence-electron chi connectivity index (χ4n) is 3.05. The molecule has 1 saturated heterocycles.